The number of likely N-dealkylation sites (N-methyl/N-ethyl adjacent to an activating group) is 1. The molecule has 1 aliphatic rings. The molecule has 2 aromatic rings. The Hall–Kier alpha value is -1.89. The van der Waals surface area contributed by atoms with Gasteiger partial charge in [-0.05, 0) is 47.7 Å². The maximum atomic E-state index is 12.2. The minimum Gasteiger partial charge on any atom is -0.354 e. The van der Waals surface area contributed by atoms with Crippen LogP contribution in [0.4, 0.5) is 5.95 Å². The van der Waals surface area contributed by atoms with Crippen LogP contribution in [-0.4, -0.2) is 50.8 Å². The SMILES string of the molecule is CN(C)C1(CNc2nc3c(cnn3C(C)(C)C)c(=O)[nH]2)CC1. The second-order valence-electron chi connectivity index (χ2n) is 7.35. The number of H-pyrrole nitrogens is 1. The number of hydrogen-bond donors (Lipinski definition) is 2. The van der Waals surface area contributed by atoms with Crippen LogP contribution in [0, 0.1) is 0 Å². The van der Waals surface area contributed by atoms with Crippen molar-refractivity contribution in [2.24, 2.45) is 0 Å². The summed E-state index contributed by atoms with van der Waals surface area (Å²) >= 11 is 0. The molecule has 0 amide bonds. The summed E-state index contributed by atoms with van der Waals surface area (Å²) in [5.41, 5.74) is 0.435. The minimum atomic E-state index is -0.221. The summed E-state index contributed by atoms with van der Waals surface area (Å²) < 4.78 is 1.79. The van der Waals surface area contributed by atoms with Crippen LogP contribution in [0.25, 0.3) is 11.0 Å². The number of rotatable bonds is 4. The van der Waals surface area contributed by atoms with E-state index in [-0.39, 0.29) is 16.6 Å². The molecule has 0 unspecified atom stereocenters. The first-order chi connectivity index (χ1) is 10.2. The lowest BCUT2D eigenvalue weighted by molar-refractivity contribution is 0.284. The van der Waals surface area contributed by atoms with Crippen molar-refractivity contribution in [2.75, 3.05) is 26.0 Å². The Labute approximate surface area is 129 Å². The lowest BCUT2D eigenvalue weighted by atomic mass is 10.1. The van der Waals surface area contributed by atoms with Gasteiger partial charge in [0.2, 0.25) is 5.95 Å². The molecule has 0 bridgehead atoms. The Morgan fingerprint density at radius 3 is 2.64 bits per heavy atom. The standard InChI is InChI=1S/C15H24N6O/c1-14(2,3)21-11-10(8-17-21)12(22)19-13(18-11)16-9-15(6-7-15)20(4)5/h8H,6-7,9H2,1-5H3,(H2,16,18,19,22). The molecule has 0 aromatic carbocycles. The monoisotopic (exact) mass is 304 g/mol. The normalized spacial score (nSPS) is 17.2. The zero-order chi connectivity index (χ0) is 16.1. The quantitative estimate of drug-likeness (QED) is 0.892. The van der Waals surface area contributed by atoms with Gasteiger partial charge in [-0.3, -0.25) is 9.78 Å². The van der Waals surface area contributed by atoms with E-state index in [1.807, 2.05) is 20.8 Å². The minimum absolute atomic E-state index is 0.155. The molecular weight excluding hydrogens is 280 g/mol. The summed E-state index contributed by atoms with van der Waals surface area (Å²) in [7, 11) is 4.17. The molecule has 120 valence electrons. The van der Waals surface area contributed by atoms with Gasteiger partial charge in [-0.25, -0.2) is 4.68 Å². The fourth-order valence-corrected chi connectivity index (χ4v) is 2.67. The molecule has 2 N–H and O–H groups in total. The number of hydrogen-bond acceptors (Lipinski definition) is 5. The molecule has 0 saturated heterocycles. The fraction of sp³-hybridized carbons (Fsp3) is 0.667. The van der Waals surface area contributed by atoms with Crippen molar-refractivity contribution in [1.29, 1.82) is 0 Å². The molecule has 2 aromatic heterocycles. The predicted molar refractivity (Wildman–Crippen MR) is 87.3 cm³/mol. The lowest BCUT2D eigenvalue weighted by Gasteiger charge is -2.24. The van der Waals surface area contributed by atoms with Gasteiger partial charge >= 0.3 is 0 Å². The molecule has 1 fully saturated rings. The first-order valence-electron chi connectivity index (χ1n) is 7.63. The highest BCUT2D eigenvalue weighted by Crippen LogP contribution is 2.39. The summed E-state index contributed by atoms with van der Waals surface area (Å²) in [5, 5.41) is 8.12. The van der Waals surface area contributed by atoms with Gasteiger partial charge in [-0.2, -0.15) is 10.1 Å². The van der Waals surface area contributed by atoms with Gasteiger partial charge < -0.3 is 10.2 Å². The summed E-state index contributed by atoms with van der Waals surface area (Å²) in [4.78, 5) is 21.8. The highest BCUT2D eigenvalue weighted by Gasteiger charge is 2.44. The van der Waals surface area contributed by atoms with E-state index in [9.17, 15) is 4.79 Å². The first kappa shape index (κ1) is 15.0. The number of anilines is 1. The van der Waals surface area contributed by atoms with E-state index in [4.69, 9.17) is 0 Å². The van der Waals surface area contributed by atoms with Gasteiger partial charge in [-0.1, -0.05) is 0 Å². The third-order valence-electron chi connectivity index (χ3n) is 4.43. The molecule has 7 nitrogen and oxygen atoms in total. The summed E-state index contributed by atoms with van der Waals surface area (Å²) in [6.07, 6.45) is 3.91. The number of nitrogens with one attached hydrogen (secondary N) is 2. The Bertz CT molecular complexity index is 747. The molecule has 0 radical (unpaired) electrons. The molecule has 0 atom stereocenters. The van der Waals surface area contributed by atoms with Crippen molar-refractivity contribution in [3.63, 3.8) is 0 Å². The zero-order valence-electron chi connectivity index (χ0n) is 13.9. The smallest absolute Gasteiger partial charge is 0.263 e. The van der Waals surface area contributed by atoms with Crippen molar-refractivity contribution in [3.05, 3.63) is 16.6 Å². The fourth-order valence-electron chi connectivity index (χ4n) is 2.67. The zero-order valence-corrected chi connectivity index (χ0v) is 13.9. The highest BCUT2D eigenvalue weighted by molar-refractivity contribution is 5.74. The number of fused-ring (bicyclic) bond motifs is 1. The van der Waals surface area contributed by atoms with Crippen LogP contribution in [0.1, 0.15) is 33.6 Å². The topological polar surface area (TPSA) is 78.8 Å². The number of nitrogens with zero attached hydrogens (tertiary/aromatic N) is 4. The second kappa shape index (κ2) is 4.81. The maximum Gasteiger partial charge on any atom is 0.263 e. The van der Waals surface area contributed by atoms with Crippen molar-refractivity contribution in [2.45, 2.75) is 44.7 Å². The van der Waals surface area contributed by atoms with E-state index in [0.29, 0.717) is 17.0 Å². The van der Waals surface area contributed by atoms with Gasteiger partial charge in [0.05, 0.1) is 11.7 Å². The van der Waals surface area contributed by atoms with E-state index >= 15 is 0 Å². The molecular formula is C15H24N6O. The number of aromatic amines is 1. The van der Waals surface area contributed by atoms with E-state index in [0.717, 1.165) is 6.54 Å². The average molecular weight is 304 g/mol. The van der Waals surface area contributed by atoms with Crippen LogP contribution in [0.3, 0.4) is 0 Å². The third-order valence-corrected chi connectivity index (χ3v) is 4.43. The molecule has 0 aliphatic heterocycles. The third kappa shape index (κ3) is 2.49. The number of aromatic nitrogens is 4. The van der Waals surface area contributed by atoms with Gasteiger partial charge in [0.25, 0.3) is 5.56 Å². The van der Waals surface area contributed by atoms with Crippen molar-refractivity contribution in [1.82, 2.24) is 24.6 Å². The molecule has 0 spiro atoms. The molecule has 1 saturated carbocycles. The Kier molecular flexibility index (Phi) is 3.28. The second-order valence-corrected chi connectivity index (χ2v) is 7.35. The summed E-state index contributed by atoms with van der Waals surface area (Å²) in [5.74, 6) is 0.511. The molecule has 2 heterocycles. The lowest BCUT2D eigenvalue weighted by Crippen LogP contribution is -2.37. The Morgan fingerprint density at radius 1 is 1.41 bits per heavy atom. The van der Waals surface area contributed by atoms with E-state index < -0.39 is 0 Å². The maximum absolute atomic E-state index is 12.2. The average Bonchev–Trinajstić information content (AvgIpc) is 3.07. The van der Waals surface area contributed by atoms with Crippen molar-refractivity contribution >= 4 is 17.0 Å². The Balaban J connectivity index is 1.93. The van der Waals surface area contributed by atoms with Crippen LogP contribution in [-0.2, 0) is 5.54 Å². The van der Waals surface area contributed by atoms with Gasteiger partial charge in [0.1, 0.15) is 5.39 Å². The first-order valence-corrected chi connectivity index (χ1v) is 7.63. The van der Waals surface area contributed by atoms with Gasteiger partial charge in [0, 0.05) is 12.1 Å². The summed E-state index contributed by atoms with van der Waals surface area (Å²) in [6, 6.07) is 0. The van der Waals surface area contributed by atoms with Crippen LogP contribution in [0.2, 0.25) is 0 Å². The Morgan fingerprint density at radius 2 is 2.09 bits per heavy atom. The van der Waals surface area contributed by atoms with Crippen molar-refractivity contribution in [3.8, 4) is 0 Å². The largest absolute Gasteiger partial charge is 0.354 e. The van der Waals surface area contributed by atoms with Gasteiger partial charge in [0.15, 0.2) is 5.65 Å². The van der Waals surface area contributed by atoms with Crippen LogP contribution in [0.5, 0.6) is 0 Å². The molecule has 22 heavy (non-hydrogen) atoms. The van der Waals surface area contributed by atoms with Crippen LogP contribution in [0.15, 0.2) is 11.0 Å². The van der Waals surface area contributed by atoms with Crippen LogP contribution >= 0.6 is 0 Å². The van der Waals surface area contributed by atoms with Crippen LogP contribution < -0.4 is 10.9 Å². The molecule has 3 rings (SSSR count). The van der Waals surface area contributed by atoms with E-state index in [1.54, 1.807) is 10.9 Å². The molecule has 1 aliphatic carbocycles. The summed E-state index contributed by atoms with van der Waals surface area (Å²) in [6.45, 7) is 6.90. The van der Waals surface area contributed by atoms with E-state index in [1.165, 1.54) is 12.8 Å². The van der Waals surface area contributed by atoms with Gasteiger partial charge in [-0.15, -0.1) is 0 Å². The van der Waals surface area contributed by atoms with E-state index in [2.05, 4.69) is 39.4 Å². The van der Waals surface area contributed by atoms with Crippen molar-refractivity contribution < 1.29 is 0 Å². The highest BCUT2D eigenvalue weighted by atomic mass is 16.1. The predicted octanol–water partition coefficient (Wildman–Crippen LogP) is 1.38. The molecule has 7 heteroatoms.